The highest BCUT2D eigenvalue weighted by Crippen LogP contribution is 2.14. The number of aromatic nitrogens is 3. The maximum absolute atomic E-state index is 12.0. The van der Waals surface area contributed by atoms with E-state index in [0.717, 1.165) is 18.8 Å². The molecule has 0 aliphatic heterocycles. The molecule has 3 aromatic rings. The van der Waals surface area contributed by atoms with Gasteiger partial charge in [0.1, 0.15) is 0 Å². The molecule has 0 aromatic carbocycles. The summed E-state index contributed by atoms with van der Waals surface area (Å²) in [5.74, 6) is 1.04. The van der Waals surface area contributed by atoms with E-state index in [1.807, 2.05) is 41.6 Å². The van der Waals surface area contributed by atoms with Gasteiger partial charge in [-0.1, -0.05) is 6.07 Å². The van der Waals surface area contributed by atoms with Gasteiger partial charge in [-0.05, 0) is 47.7 Å². The summed E-state index contributed by atoms with van der Waals surface area (Å²) in [5.41, 5.74) is 1.23. The van der Waals surface area contributed by atoms with Gasteiger partial charge >= 0.3 is 0 Å². The smallest absolute Gasteiger partial charge is 0.266 e. The molecule has 0 bridgehead atoms. The summed E-state index contributed by atoms with van der Waals surface area (Å²) in [6.45, 7) is 0.819. The number of rotatable bonds is 6. The van der Waals surface area contributed by atoms with Crippen molar-refractivity contribution in [3.05, 3.63) is 64.6 Å². The molecule has 0 fully saturated rings. The van der Waals surface area contributed by atoms with Gasteiger partial charge in [-0.2, -0.15) is 0 Å². The minimum Gasteiger partial charge on any atom is -0.358 e. The van der Waals surface area contributed by atoms with E-state index in [0.29, 0.717) is 10.7 Å². The summed E-state index contributed by atoms with van der Waals surface area (Å²) in [4.78, 5) is 18.7. The molecular formula is C17H17N5OS. The number of anilines is 2. The lowest BCUT2D eigenvalue weighted by atomic mass is 10.2. The fourth-order valence-corrected chi connectivity index (χ4v) is 2.76. The Morgan fingerprint density at radius 2 is 2.00 bits per heavy atom. The van der Waals surface area contributed by atoms with Gasteiger partial charge in [-0.25, -0.2) is 0 Å². The molecule has 7 heteroatoms. The Kier molecular flexibility index (Phi) is 5.12. The lowest BCUT2D eigenvalue weighted by molar-refractivity contribution is 0.103. The third kappa shape index (κ3) is 4.14. The average molecular weight is 339 g/mol. The summed E-state index contributed by atoms with van der Waals surface area (Å²) < 4.78 is 0. The van der Waals surface area contributed by atoms with Gasteiger partial charge in [-0.3, -0.25) is 9.78 Å². The first-order chi connectivity index (χ1) is 11.7. The van der Waals surface area contributed by atoms with Crippen LogP contribution in [0.15, 0.2) is 54.2 Å². The Bertz CT molecular complexity index is 775. The van der Waals surface area contributed by atoms with Crippen LogP contribution in [0.5, 0.6) is 0 Å². The molecule has 0 unspecified atom stereocenters. The maximum atomic E-state index is 12.0. The van der Waals surface area contributed by atoms with E-state index in [1.54, 1.807) is 24.5 Å². The van der Waals surface area contributed by atoms with E-state index in [-0.39, 0.29) is 5.91 Å². The second kappa shape index (κ2) is 7.65. The Labute approximate surface area is 144 Å². The van der Waals surface area contributed by atoms with Gasteiger partial charge < -0.3 is 10.2 Å². The van der Waals surface area contributed by atoms with Crippen LogP contribution in [0.25, 0.3) is 0 Å². The van der Waals surface area contributed by atoms with E-state index < -0.39 is 0 Å². The minimum absolute atomic E-state index is 0.168. The third-order valence-electron chi connectivity index (χ3n) is 3.51. The summed E-state index contributed by atoms with van der Waals surface area (Å²) in [6, 6.07) is 11.2. The first-order valence-corrected chi connectivity index (χ1v) is 8.39. The predicted octanol–water partition coefficient (Wildman–Crippen LogP) is 2.86. The topological polar surface area (TPSA) is 71.0 Å². The Morgan fingerprint density at radius 1 is 1.17 bits per heavy atom. The van der Waals surface area contributed by atoms with Gasteiger partial charge in [-0.15, -0.1) is 21.5 Å². The number of nitrogens with one attached hydrogen (secondary N) is 1. The Morgan fingerprint density at radius 3 is 2.67 bits per heavy atom. The largest absolute Gasteiger partial charge is 0.358 e. The van der Waals surface area contributed by atoms with Crippen LogP contribution in [-0.2, 0) is 6.42 Å². The van der Waals surface area contributed by atoms with Crippen molar-refractivity contribution in [2.45, 2.75) is 6.42 Å². The van der Waals surface area contributed by atoms with Crippen LogP contribution in [0.1, 0.15) is 15.2 Å². The first kappa shape index (κ1) is 16.1. The fraction of sp³-hybridized carbons (Fsp3) is 0.176. The molecule has 1 N–H and O–H groups in total. The van der Waals surface area contributed by atoms with Gasteiger partial charge in [0, 0.05) is 26.0 Å². The summed E-state index contributed by atoms with van der Waals surface area (Å²) >= 11 is 1.39. The molecule has 0 atom stereocenters. The monoisotopic (exact) mass is 339 g/mol. The maximum Gasteiger partial charge on any atom is 0.266 e. The zero-order chi connectivity index (χ0) is 16.8. The van der Waals surface area contributed by atoms with E-state index in [2.05, 4.69) is 20.5 Å². The van der Waals surface area contributed by atoms with E-state index in [9.17, 15) is 4.79 Å². The molecule has 24 heavy (non-hydrogen) atoms. The van der Waals surface area contributed by atoms with Crippen LogP contribution in [0, 0.1) is 0 Å². The summed E-state index contributed by atoms with van der Waals surface area (Å²) in [6.07, 6.45) is 4.48. The molecule has 1 amide bonds. The molecule has 122 valence electrons. The molecule has 0 aliphatic carbocycles. The average Bonchev–Trinajstić information content (AvgIpc) is 3.16. The highest BCUT2D eigenvalue weighted by atomic mass is 32.1. The SMILES string of the molecule is CN(CCc1ccncc1)c1ccc(NC(=O)c2cccs2)nn1. The van der Waals surface area contributed by atoms with Crippen molar-refractivity contribution in [3.63, 3.8) is 0 Å². The van der Waals surface area contributed by atoms with Crippen LogP contribution in [0.2, 0.25) is 0 Å². The molecular weight excluding hydrogens is 322 g/mol. The van der Waals surface area contributed by atoms with Crippen LogP contribution in [0.3, 0.4) is 0 Å². The fourth-order valence-electron chi connectivity index (χ4n) is 2.14. The molecule has 3 rings (SSSR count). The van der Waals surface area contributed by atoms with Gasteiger partial charge in [0.25, 0.3) is 5.91 Å². The standard InChI is InChI=1S/C17H17N5OS/c1-22(11-8-13-6-9-18-10-7-13)16-5-4-15(20-21-16)19-17(23)14-3-2-12-24-14/h2-7,9-10,12H,8,11H2,1H3,(H,19,20,23). The van der Waals surface area contributed by atoms with Crippen molar-refractivity contribution < 1.29 is 4.79 Å². The molecule has 0 saturated heterocycles. The quantitative estimate of drug-likeness (QED) is 0.748. The molecule has 0 aliphatic rings. The molecule has 6 nitrogen and oxygen atoms in total. The molecule has 0 saturated carbocycles. The van der Waals surface area contributed by atoms with E-state index >= 15 is 0 Å². The number of thiophene rings is 1. The van der Waals surface area contributed by atoms with Crippen molar-refractivity contribution >= 4 is 28.9 Å². The van der Waals surface area contributed by atoms with Gasteiger partial charge in [0.05, 0.1) is 4.88 Å². The van der Waals surface area contributed by atoms with Crippen molar-refractivity contribution in [1.82, 2.24) is 15.2 Å². The lowest BCUT2D eigenvalue weighted by Gasteiger charge is -2.17. The number of hydrogen-bond acceptors (Lipinski definition) is 6. The highest BCUT2D eigenvalue weighted by Gasteiger charge is 2.09. The Balaban J connectivity index is 1.56. The highest BCUT2D eigenvalue weighted by molar-refractivity contribution is 7.12. The first-order valence-electron chi connectivity index (χ1n) is 7.51. The predicted molar refractivity (Wildman–Crippen MR) is 95.5 cm³/mol. The molecule has 0 radical (unpaired) electrons. The van der Waals surface area contributed by atoms with Crippen molar-refractivity contribution in [2.24, 2.45) is 0 Å². The number of carbonyl (C=O) groups excluding carboxylic acids is 1. The number of likely N-dealkylation sites (N-methyl/N-ethyl adjacent to an activating group) is 1. The van der Waals surface area contributed by atoms with Gasteiger partial charge in [0.15, 0.2) is 11.6 Å². The minimum atomic E-state index is -0.168. The van der Waals surface area contributed by atoms with Crippen LogP contribution < -0.4 is 10.2 Å². The molecule has 3 aromatic heterocycles. The van der Waals surface area contributed by atoms with E-state index in [1.165, 1.54) is 16.9 Å². The van der Waals surface area contributed by atoms with Gasteiger partial charge in [0.2, 0.25) is 0 Å². The molecule has 0 spiro atoms. The number of carbonyl (C=O) groups is 1. The van der Waals surface area contributed by atoms with Crippen molar-refractivity contribution in [2.75, 3.05) is 23.8 Å². The third-order valence-corrected chi connectivity index (χ3v) is 4.38. The summed E-state index contributed by atoms with van der Waals surface area (Å²) in [7, 11) is 1.97. The van der Waals surface area contributed by atoms with E-state index in [4.69, 9.17) is 0 Å². The second-order valence-corrected chi connectivity index (χ2v) is 6.18. The van der Waals surface area contributed by atoms with Crippen LogP contribution in [0.4, 0.5) is 11.6 Å². The van der Waals surface area contributed by atoms with Crippen molar-refractivity contribution in [1.29, 1.82) is 0 Å². The number of hydrogen-bond donors (Lipinski definition) is 1. The number of pyridine rings is 1. The lowest BCUT2D eigenvalue weighted by Crippen LogP contribution is -2.22. The van der Waals surface area contributed by atoms with Crippen LogP contribution >= 0.6 is 11.3 Å². The number of nitrogens with zero attached hydrogens (tertiary/aromatic N) is 4. The second-order valence-electron chi connectivity index (χ2n) is 5.24. The van der Waals surface area contributed by atoms with Crippen LogP contribution in [-0.4, -0.2) is 34.7 Å². The number of amides is 1. The normalized spacial score (nSPS) is 10.4. The zero-order valence-electron chi connectivity index (χ0n) is 13.2. The zero-order valence-corrected chi connectivity index (χ0v) is 14.0. The summed E-state index contributed by atoms with van der Waals surface area (Å²) in [5, 5.41) is 12.9. The molecule has 3 heterocycles. The van der Waals surface area contributed by atoms with Crippen molar-refractivity contribution in [3.8, 4) is 0 Å². The Hall–Kier alpha value is -2.80.